The second-order valence-corrected chi connectivity index (χ2v) is 10.5. The Labute approximate surface area is 200 Å². The number of hydrogen-bond acceptors (Lipinski definition) is 7. The number of nitrogens with zero attached hydrogens (tertiary/aromatic N) is 3. The van der Waals surface area contributed by atoms with Gasteiger partial charge >= 0.3 is 12.3 Å². The summed E-state index contributed by atoms with van der Waals surface area (Å²) in [6.45, 7) is 2.15. The van der Waals surface area contributed by atoms with Crippen molar-refractivity contribution < 1.29 is 23.0 Å². The summed E-state index contributed by atoms with van der Waals surface area (Å²) in [5.41, 5.74) is -0.116. The first-order valence-corrected chi connectivity index (χ1v) is 11.4. The maximum absolute atomic E-state index is 13.0. The van der Waals surface area contributed by atoms with E-state index in [4.69, 9.17) is 11.6 Å². The standard InChI is InChI=1S/C19H20BrClF2N4O4S/c1-19(2,3)32(30)24-10-9-12(16-11(20)5-4-6-14(16)31-18(22)23)25-17-13(27(28)29)7-8-15(21)26-17/h4-8,10,12,18H,9H2,1-3H3,(H,25,26)/b24-10-/t12-,32?/m1/s1. The van der Waals surface area contributed by atoms with Gasteiger partial charge < -0.3 is 14.6 Å². The average molecular weight is 554 g/mol. The van der Waals surface area contributed by atoms with Gasteiger partial charge in [0, 0.05) is 22.5 Å². The van der Waals surface area contributed by atoms with E-state index < -0.39 is 33.7 Å². The quantitative estimate of drug-likeness (QED) is 0.132. The first-order chi connectivity index (χ1) is 14.9. The van der Waals surface area contributed by atoms with Crippen molar-refractivity contribution in [2.24, 2.45) is 4.40 Å². The van der Waals surface area contributed by atoms with Gasteiger partial charge in [-0.05, 0) is 39.0 Å². The van der Waals surface area contributed by atoms with Crippen molar-refractivity contribution in [1.82, 2.24) is 4.98 Å². The number of alkyl halides is 2. The molecule has 13 heteroatoms. The van der Waals surface area contributed by atoms with Gasteiger partial charge in [-0.1, -0.05) is 38.0 Å². The molecule has 0 radical (unpaired) electrons. The molecule has 2 aromatic rings. The Bertz CT molecular complexity index is 994. The second-order valence-electron chi connectivity index (χ2n) is 7.37. The van der Waals surface area contributed by atoms with Crippen LogP contribution in [-0.2, 0) is 11.4 Å². The van der Waals surface area contributed by atoms with E-state index in [1.165, 1.54) is 30.5 Å². The van der Waals surface area contributed by atoms with Gasteiger partial charge in [0.1, 0.15) is 27.0 Å². The summed E-state index contributed by atoms with van der Waals surface area (Å²) < 4.78 is 46.7. The number of nitro groups is 1. The lowest BCUT2D eigenvalue weighted by molar-refractivity contribution is -0.384. The van der Waals surface area contributed by atoms with Crippen molar-refractivity contribution in [2.75, 3.05) is 5.32 Å². The van der Waals surface area contributed by atoms with Crippen LogP contribution in [-0.4, -0.2) is 32.0 Å². The third kappa shape index (κ3) is 7.26. The molecule has 0 amide bonds. The lowest BCUT2D eigenvalue weighted by atomic mass is 10.0. The molecule has 0 fully saturated rings. The molecular weight excluding hydrogens is 534 g/mol. The lowest BCUT2D eigenvalue weighted by Crippen LogP contribution is -2.26. The molecule has 32 heavy (non-hydrogen) atoms. The zero-order valence-corrected chi connectivity index (χ0v) is 20.4. The Hall–Kier alpha value is -2.02. The molecule has 2 rings (SSSR count). The maximum atomic E-state index is 13.0. The summed E-state index contributed by atoms with van der Waals surface area (Å²) in [5, 5.41) is 14.3. The Balaban J connectivity index is 2.52. The summed E-state index contributed by atoms with van der Waals surface area (Å²) in [4.78, 5) is 14.7. The van der Waals surface area contributed by atoms with E-state index in [0.717, 1.165) is 0 Å². The molecule has 174 valence electrons. The zero-order chi connectivity index (χ0) is 24.1. The molecule has 0 bridgehead atoms. The smallest absolute Gasteiger partial charge is 0.387 e. The minimum atomic E-state index is -3.09. The molecule has 1 aromatic heterocycles. The zero-order valence-electron chi connectivity index (χ0n) is 17.2. The van der Waals surface area contributed by atoms with Crippen LogP contribution in [0.15, 0.2) is 39.2 Å². The van der Waals surface area contributed by atoms with Gasteiger partial charge in [0.25, 0.3) is 0 Å². The number of hydrogen-bond donors (Lipinski definition) is 1. The number of aromatic nitrogens is 1. The summed E-state index contributed by atoms with van der Waals surface area (Å²) in [6, 6.07) is 6.01. The highest BCUT2D eigenvalue weighted by molar-refractivity contribution is 9.10. The van der Waals surface area contributed by atoms with E-state index in [1.54, 1.807) is 26.8 Å². The molecule has 1 heterocycles. The number of benzene rings is 1. The third-order valence-corrected chi connectivity index (χ3v) is 6.25. The van der Waals surface area contributed by atoms with Crippen molar-refractivity contribution >= 4 is 56.6 Å². The highest BCUT2D eigenvalue weighted by atomic mass is 79.9. The normalized spacial score (nSPS) is 13.9. The molecule has 0 saturated carbocycles. The minimum Gasteiger partial charge on any atom is -0.591 e. The van der Waals surface area contributed by atoms with Crippen molar-refractivity contribution in [3.05, 3.63) is 55.6 Å². The molecule has 0 aliphatic rings. The van der Waals surface area contributed by atoms with Gasteiger partial charge in [-0.15, -0.1) is 0 Å². The molecule has 0 spiro atoms. The van der Waals surface area contributed by atoms with E-state index in [2.05, 4.69) is 35.4 Å². The topological polar surface area (TPSA) is 113 Å². The highest BCUT2D eigenvalue weighted by Crippen LogP contribution is 2.38. The predicted molar refractivity (Wildman–Crippen MR) is 124 cm³/mol. The summed E-state index contributed by atoms with van der Waals surface area (Å²) in [7, 11) is 0. The fourth-order valence-corrected chi connectivity index (χ4v) is 3.83. The van der Waals surface area contributed by atoms with Gasteiger partial charge in [0.05, 0.1) is 17.2 Å². The Kier molecular flexibility index (Phi) is 9.19. The van der Waals surface area contributed by atoms with Gasteiger partial charge in [0.2, 0.25) is 5.82 Å². The fraction of sp³-hybridized carbons (Fsp3) is 0.368. The Morgan fingerprint density at radius 3 is 2.66 bits per heavy atom. The fourth-order valence-electron chi connectivity index (χ4n) is 2.52. The number of rotatable bonds is 9. The predicted octanol–water partition coefficient (Wildman–Crippen LogP) is 6.08. The Morgan fingerprint density at radius 2 is 2.06 bits per heavy atom. The van der Waals surface area contributed by atoms with Crippen LogP contribution in [0.2, 0.25) is 5.15 Å². The largest absolute Gasteiger partial charge is 0.591 e. The van der Waals surface area contributed by atoms with E-state index in [9.17, 15) is 23.4 Å². The van der Waals surface area contributed by atoms with Gasteiger partial charge in [-0.2, -0.15) is 8.78 Å². The van der Waals surface area contributed by atoms with E-state index in [0.29, 0.717) is 4.47 Å². The molecule has 0 aliphatic carbocycles. The first kappa shape index (κ1) is 26.2. The summed E-state index contributed by atoms with van der Waals surface area (Å²) in [5.74, 6) is -0.321. The van der Waals surface area contributed by atoms with Crippen LogP contribution in [0.4, 0.5) is 20.3 Å². The molecule has 1 aromatic carbocycles. The molecule has 1 unspecified atom stereocenters. The molecular formula is C19H20BrClF2N4O4S. The van der Waals surface area contributed by atoms with Gasteiger partial charge in [-0.3, -0.25) is 10.1 Å². The highest BCUT2D eigenvalue weighted by Gasteiger charge is 2.28. The summed E-state index contributed by atoms with van der Waals surface area (Å²) in [6.07, 6.45) is 1.39. The number of halogens is 4. The molecule has 0 aliphatic heterocycles. The first-order valence-electron chi connectivity index (χ1n) is 9.15. The van der Waals surface area contributed by atoms with Crippen molar-refractivity contribution in [1.29, 1.82) is 0 Å². The van der Waals surface area contributed by atoms with Crippen molar-refractivity contribution in [3.63, 3.8) is 0 Å². The lowest BCUT2D eigenvalue weighted by Gasteiger charge is -2.23. The van der Waals surface area contributed by atoms with Gasteiger partial charge in [0.15, 0.2) is 0 Å². The van der Waals surface area contributed by atoms with E-state index in [1.807, 2.05) is 0 Å². The Morgan fingerprint density at radius 1 is 1.38 bits per heavy atom. The molecule has 2 atom stereocenters. The number of nitrogens with one attached hydrogen (secondary N) is 1. The molecule has 1 N–H and O–H groups in total. The SMILES string of the molecule is CC(C)(C)[S+]([O-])/N=C\C[C@@H](Nc1nc(Cl)ccc1[N+](=O)[O-])c1c(Br)cccc1OC(F)F. The number of pyridine rings is 1. The van der Waals surface area contributed by atoms with E-state index in [-0.39, 0.29) is 34.4 Å². The number of anilines is 1. The number of ether oxygens (including phenoxy) is 1. The molecule has 8 nitrogen and oxygen atoms in total. The van der Waals surface area contributed by atoms with E-state index >= 15 is 0 Å². The van der Waals surface area contributed by atoms with Crippen LogP contribution in [0.5, 0.6) is 5.75 Å². The molecule has 0 saturated heterocycles. The van der Waals surface area contributed by atoms with Crippen LogP contribution in [0.1, 0.15) is 38.8 Å². The summed E-state index contributed by atoms with van der Waals surface area (Å²) >= 11 is 7.66. The van der Waals surface area contributed by atoms with Crippen molar-refractivity contribution in [3.8, 4) is 5.75 Å². The second kappa shape index (κ2) is 11.2. The average Bonchev–Trinajstić information content (AvgIpc) is 2.66. The van der Waals surface area contributed by atoms with Crippen LogP contribution < -0.4 is 10.1 Å². The third-order valence-electron chi connectivity index (χ3n) is 3.96. The van der Waals surface area contributed by atoms with Crippen LogP contribution >= 0.6 is 27.5 Å². The van der Waals surface area contributed by atoms with Crippen LogP contribution in [0.25, 0.3) is 0 Å². The monoisotopic (exact) mass is 552 g/mol. The maximum Gasteiger partial charge on any atom is 0.387 e. The van der Waals surface area contributed by atoms with Crippen molar-refractivity contribution in [2.45, 2.75) is 44.6 Å². The van der Waals surface area contributed by atoms with Crippen LogP contribution in [0.3, 0.4) is 0 Å². The van der Waals surface area contributed by atoms with Gasteiger partial charge in [-0.25, -0.2) is 4.98 Å². The minimum absolute atomic E-state index is 0.00413. The van der Waals surface area contributed by atoms with Crippen LogP contribution in [0, 0.1) is 10.1 Å².